The first-order valence-corrected chi connectivity index (χ1v) is 10.1. The fourth-order valence-corrected chi connectivity index (χ4v) is 5.50. The zero-order chi connectivity index (χ0) is 18.3. The summed E-state index contributed by atoms with van der Waals surface area (Å²) in [6, 6.07) is 16.0. The largest absolute Gasteiger partial charge is 0.357 e. The predicted octanol–water partition coefficient (Wildman–Crippen LogP) is 3.74. The Bertz CT molecular complexity index is 1110. The van der Waals surface area contributed by atoms with Gasteiger partial charge < -0.3 is 4.98 Å². The van der Waals surface area contributed by atoms with Gasteiger partial charge in [0.2, 0.25) is 10.0 Å². The average Bonchev–Trinajstić information content (AvgIpc) is 3.06. The number of hydrogen-bond donors (Lipinski definition) is 1. The summed E-state index contributed by atoms with van der Waals surface area (Å²) in [5.41, 5.74) is 3.72. The molecule has 132 valence electrons. The number of sulfonamides is 1. The Morgan fingerprint density at radius 3 is 2.62 bits per heavy atom. The van der Waals surface area contributed by atoms with Gasteiger partial charge in [-0.15, -0.1) is 0 Å². The van der Waals surface area contributed by atoms with E-state index >= 15 is 0 Å². The summed E-state index contributed by atoms with van der Waals surface area (Å²) >= 11 is 0. The molecular formula is C20H19N3O2S. The summed E-state index contributed by atoms with van der Waals surface area (Å²) in [5, 5.41) is 10.1. The second-order valence-corrected chi connectivity index (χ2v) is 8.38. The molecule has 4 rings (SSSR count). The van der Waals surface area contributed by atoms with Crippen molar-refractivity contribution in [3.8, 4) is 6.07 Å². The zero-order valence-corrected chi connectivity index (χ0v) is 15.3. The van der Waals surface area contributed by atoms with Crippen LogP contribution in [0.3, 0.4) is 0 Å². The van der Waals surface area contributed by atoms with Gasteiger partial charge >= 0.3 is 0 Å². The summed E-state index contributed by atoms with van der Waals surface area (Å²) in [5.74, 6) is 0. The lowest BCUT2D eigenvalue weighted by molar-refractivity contribution is 0.297. The zero-order valence-electron chi connectivity index (χ0n) is 14.4. The van der Waals surface area contributed by atoms with Crippen LogP contribution < -0.4 is 0 Å². The van der Waals surface area contributed by atoms with Crippen LogP contribution in [0.25, 0.3) is 10.9 Å². The summed E-state index contributed by atoms with van der Waals surface area (Å²) in [6.07, 6.45) is 1.38. The van der Waals surface area contributed by atoms with Crippen molar-refractivity contribution < 1.29 is 8.42 Å². The van der Waals surface area contributed by atoms with Crippen LogP contribution in [0.2, 0.25) is 0 Å². The molecule has 1 N–H and O–H groups in total. The van der Waals surface area contributed by atoms with Gasteiger partial charge in [-0.25, -0.2) is 8.42 Å². The van der Waals surface area contributed by atoms with Crippen LogP contribution in [0.1, 0.15) is 36.2 Å². The first-order chi connectivity index (χ1) is 12.6. The van der Waals surface area contributed by atoms with E-state index in [9.17, 15) is 8.42 Å². The lowest BCUT2D eigenvalue weighted by atomic mass is 9.98. The molecule has 2 aromatic carbocycles. The van der Waals surface area contributed by atoms with Gasteiger partial charge in [0.15, 0.2) is 0 Å². The van der Waals surface area contributed by atoms with Crippen LogP contribution in [0.15, 0.2) is 53.4 Å². The Kier molecular flexibility index (Phi) is 4.06. The van der Waals surface area contributed by atoms with Crippen molar-refractivity contribution >= 4 is 20.9 Å². The maximum atomic E-state index is 13.2. The van der Waals surface area contributed by atoms with E-state index in [1.165, 1.54) is 23.1 Å². The van der Waals surface area contributed by atoms with Gasteiger partial charge in [0, 0.05) is 23.1 Å². The summed E-state index contributed by atoms with van der Waals surface area (Å²) in [7, 11) is -3.62. The van der Waals surface area contributed by atoms with Crippen molar-refractivity contribution in [2.75, 3.05) is 6.54 Å². The van der Waals surface area contributed by atoms with Gasteiger partial charge in [-0.05, 0) is 48.7 Å². The van der Waals surface area contributed by atoms with Gasteiger partial charge in [-0.3, -0.25) is 0 Å². The monoisotopic (exact) mass is 365 g/mol. The van der Waals surface area contributed by atoms with Crippen LogP contribution >= 0.6 is 0 Å². The van der Waals surface area contributed by atoms with Crippen molar-refractivity contribution in [3.63, 3.8) is 0 Å². The Morgan fingerprint density at radius 1 is 1.19 bits per heavy atom. The molecule has 1 aromatic heterocycles. The second-order valence-electron chi connectivity index (χ2n) is 6.49. The summed E-state index contributed by atoms with van der Waals surface area (Å²) in [6.45, 7) is 2.46. The first kappa shape index (κ1) is 16.8. The Hall–Kier alpha value is -2.62. The number of nitrogens with one attached hydrogen (secondary N) is 1. The molecule has 2 heterocycles. The highest BCUT2D eigenvalue weighted by molar-refractivity contribution is 7.89. The van der Waals surface area contributed by atoms with E-state index in [0.717, 1.165) is 11.2 Å². The van der Waals surface area contributed by atoms with Crippen molar-refractivity contribution in [3.05, 3.63) is 65.4 Å². The molecule has 0 fully saturated rings. The molecule has 0 saturated carbocycles. The molecule has 0 spiro atoms. The molecule has 0 amide bonds. The maximum absolute atomic E-state index is 13.2. The van der Waals surface area contributed by atoms with Gasteiger partial charge in [0.25, 0.3) is 0 Å². The fraction of sp³-hybridized carbons (Fsp3) is 0.250. The topological polar surface area (TPSA) is 77.0 Å². The minimum Gasteiger partial charge on any atom is -0.357 e. The van der Waals surface area contributed by atoms with E-state index in [4.69, 9.17) is 5.26 Å². The van der Waals surface area contributed by atoms with Crippen molar-refractivity contribution in [2.45, 2.75) is 30.7 Å². The SMILES string of the molecule is CCC1c2[nH]c3ccccc3c2CCN1S(=O)(=O)c1ccc(C#N)cc1. The molecule has 0 bridgehead atoms. The van der Waals surface area contributed by atoms with Gasteiger partial charge in [0.05, 0.1) is 22.6 Å². The molecule has 3 aromatic rings. The molecule has 6 heteroatoms. The van der Waals surface area contributed by atoms with Crippen LogP contribution in [0.5, 0.6) is 0 Å². The normalized spacial score (nSPS) is 17.8. The number of aromatic nitrogens is 1. The molecule has 1 aliphatic rings. The molecule has 0 saturated heterocycles. The third-order valence-corrected chi connectivity index (χ3v) is 7.01. The fourth-order valence-electron chi connectivity index (χ4n) is 3.83. The highest BCUT2D eigenvalue weighted by Crippen LogP contribution is 2.38. The number of aromatic amines is 1. The Balaban J connectivity index is 1.78. The lowest BCUT2D eigenvalue weighted by Gasteiger charge is -2.34. The van der Waals surface area contributed by atoms with E-state index < -0.39 is 10.0 Å². The van der Waals surface area contributed by atoms with E-state index in [2.05, 4.69) is 11.1 Å². The number of nitrogens with zero attached hydrogens (tertiary/aromatic N) is 2. The van der Waals surface area contributed by atoms with Crippen LogP contribution in [0.4, 0.5) is 0 Å². The predicted molar refractivity (Wildman–Crippen MR) is 100 cm³/mol. The lowest BCUT2D eigenvalue weighted by Crippen LogP contribution is -2.39. The molecule has 1 aliphatic heterocycles. The molecule has 26 heavy (non-hydrogen) atoms. The number of para-hydroxylation sites is 1. The van der Waals surface area contributed by atoms with E-state index in [1.54, 1.807) is 16.4 Å². The Morgan fingerprint density at radius 2 is 1.92 bits per heavy atom. The second kappa shape index (κ2) is 6.27. The van der Waals surface area contributed by atoms with Gasteiger partial charge in [0.1, 0.15) is 0 Å². The number of fused-ring (bicyclic) bond motifs is 3. The summed E-state index contributed by atoms with van der Waals surface area (Å²) < 4.78 is 28.0. The van der Waals surface area contributed by atoms with Gasteiger partial charge in [-0.1, -0.05) is 25.1 Å². The Labute approximate surface area is 152 Å². The quantitative estimate of drug-likeness (QED) is 0.768. The molecule has 1 unspecified atom stereocenters. The van der Waals surface area contributed by atoms with Gasteiger partial charge in [-0.2, -0.15) is 9.57 Å². The van der Waals surface area contributed by atoms with Crippen LogP contribution in [0, 0.1) is 11.3 Å². The summed E-state index contributed by atoms with van der Waals surface area (Å²) in [4.78, 5) is 3.67. The maximum Gasteiger partial charge on any atom is 0.243 e. The molecule has 1 atom stereocenters. The molecule has 0 aliphatic carbocycles. The smallest absolute Gasteiger partial charge is 0.243 e. The third-order valence-electron chi connectivity index (χ3n) is 5.09. The highest BCUT2D eigenvalue weighted by atomic mass is 32.2. The minimum absolute atomic E-state index is 0.216. The standard InChI is InChI=1S/C20H19N3O2S/c1-2-19-20-17(16-5-3-4-6-18(16)22-20)11-12-23(19)26(24,25)15-9-7-14(13-21)8-10-15/h3-10,19,22H,2,11-12H2,1H3. The van der Waals surface area contributed by atoms with E-state index in [-0.39, 0.29) is 10.9 Å². The molecule has 0 radical (unpaired) electrons. The van der Waals surface area contributed by atoms with E-state index in [0.29, 0.717) is 24.9 Å². The molecular weight excluding hydrogens is 346 g/mol. The number of hydrogen-bond acceptors (Lipinski definition) is 3. The highest BCUT2D eigenvalue weighted by Gasteiger charge is 2.37. The number of H-pyrrole nitrogens is 1. The number of rotatable bonds is 3. The first-order valence-electron chi connectivity index (χ1n) is 8.67. The van der Waals surface area contributed by atoms with Crippen molar-refractivity contribution in [1.82, 2.24) is 9.29 Å². The van der Waals surface area contributed by atoms with Crippen molar-refractivity contribution in [2.24, 2.45) is 0 Å². The third kappa shape index (κ3) is 2.52. The van der Waals surface area contributed by atoms with Crippen molar-refractivity contribution in [1.29, 1.82) is 5.26 Å². The van der Waals surface area contributed by atoms with E-state index in [1.807, 2.05) is 31.2 Å². The average molecular weight is 365 g/mol. The number of nitriles is 1. The minimum atomic E-state index is -3.62. The molecule has 5 nitrogen and oxygen atoms in total. The van der Waals surface area contributed by atoms with Crippen LogP contribution in [-0.4, -0.2) is 24.3 Å². The van der Waals surface area contributed by atoms with Crippen LogP contribution in [-0.2, 0) is 16.4 Å². The number of benzene rings is 2.